The number of H-pyrrole nitrogens is 1. The number of nitrogens with one attached hydrogen (secondary N) is 1. The van der Waals surface area contributed by atoms with Crippen molar-refractivity contribution in [1.29, 1.82) is 0 Å². The molecule has 0 spiro atoms. The van der Waals surface area contributed by atoms with E-state index in [4.69, 9.17) is 11.6 Å². The minimum atomic E-state index is -0.772. The van der Waals surface area contributed by atoms with E-state index in [1.54, 1.807) is 6.07 Å². The second-order valence-electron chi connectivity index (χ2n) is 7.51. The minimum absolute atomic E-state index is 0.0772. The number of aromatic amines is 1. The molecule has 2 aromatic carbocycles. The number of hydrogen-bond acceptors (Lipinski definition) is 4. The van der Waals surface area contributed by atoms with Crippen LogP contribution in [0.15, 0.2) is 53.3 Å². The summed E-state index contributed by atoms with van der Waals surface area (Å²) >= 11 is 5.95. The molecule has 1 aromatic heterocycles. The summed E-state index contributed by atoms with van der Waals surface area (Å²) in [6, 6.07) is 14.9. The molecule has 1 saturated heterocycles. The van der Waals surface area contributed by atoms with Gasteiger partial charge in [0.15, 0.2) is 0 Å². The zero-order chi connectivity index (χ0) is 19.6. The molecule has 0 aliphatic carbocycles. The lowest BCUT2D eigenvalue weighted by Crippen LogP contribution is -2.43. The van der Waals surface area contributed by atoms with Crippen LogP contribution in [0.4, 0.5) is 0 Å². The minimum Gasteiger partial charge on any atom is -0.385 e. The zero-order valence-electron chi connectivity index (χ0n) is 15.7. The van der Waals surface area contributed by atoms with E-state index in [1.165, 1.54) is 0 Å². The molecule has 3 aromatic rings. The molecule has 0 saturated carbocycles. The highest BCUT2D eigenvalue weighted by atomic mass is 35.5. The first-order valence-electron chi connectivity index (χ1n) is 9.72. The molecule has 1 aliphatic rings. The molecule has 0 amide bonds. The number of benzene rings is 2. The summed E-state index contributed by atoms with van der Waals surface area (Å²) in [6.45, 7) is 2.62. The summed E-state index contributed by atoms with van der Waals surface area (Å²) in [6.07, 6.45) is 3.07. The van der Waals surface area contributed by atoms with Crippen molar-refractivity contribution in [3.05, 3.63) is 75.3 Å². The quantitative estimate of drug-likeness (QED) is 0.691. The number of hydrogen-bond donors (Lipinski definition) is 2. The van der Waals surface area contributed by atoms with Gasteiger partial charge in [-0.1, -0.05) is 35.9 Å². The second kappa shape index (κ2) is 8.03. The van der Waals surface area contributed by atoms with Crippen molar-refractivity contribution in [1.82, 2.24) is 14.9 Å². The molecule has 0 radical (unpaired) electrons. The average Bonchev–Trinajstić information content (AvgIpc) is 2.70. The normalized spacial score (nSPS) is 17.1. The van der Waals surface area contributed by atoms with Gasteiger partial charge < -0.3 is 15.0 Å². The molecule has 1 fully saturated rings. The maximum Gasteiger partial charge on any atom is 0.258 e. The Balaban J connectivity index is 1.31. The van der Waals surface area contributed by atoms with Gasteiger partial charge in [-0.05, 0) is 55.6 Å². The van der Waals surface area contributed by atoms with Crippen LogP contribution in [0.25, 0.3) is 10.9 Å². The maximum atomic E-state index is 12.1. The Labute approximate surface area is 169 Å². The Morgan fingerprint density at radius 1 is 1.11 bits per heavy atom. The highest BCUT2D eigenvalue weighted by Gasteiger charge is 2.33. The molecule has 4 rings (SSSR count). The van der Waals surface area contributed by atoms with Crippen molar-refractivity contribution in [3.63, 3.8) is 0 Å². The van der Waals surface area contributed by atoms with Crippen molar-refractivity contribution in [2.45, 2.75) is 31.3 Å². The van der Waals surface area contributed by atoms with Gasteiger partial charge in [0.2, 0.25) is 0 Å². The first-order chi connectivity index (χ1) is 13.5. The van der Waals surface area contributed by atoms with Gasteiger partial charge in [-0.2, -0.15) is 0 Å². The lowest BCUT2D eigenvalue weighted by Gasteiger charge is -2.38. The molecule has 146 valence electrons. The van der Waals surface area contributed by atoms with Crippen molar-refractivity contribution < 1.29 is 5.11 Å². The summed E-state index contributed by atoms with van der Waals surface area (Å²) < 4.78 is 0. The van der Waals surface area contributed by atoms with Gasteiger partial charge in [0, 0.05) is 24.5 Å². The molecule has 0 atom stereocenters. The molecule has 0 bridgehead atoms. The standard InChI is InChI=1S/C22H24ClN3O2/c23-17-9-7-16(8-10-17)22(28)11-14-26(15-12-22)13-3-6-20-24-19-5-2-1-4-18(19)21(27)25-20/h1-2,4-5,7-10,28H,3,6,11-15H2,(H,24,25,27). The first kappa shape index (κ1) is 19.1. The number of aromatic nitrogens is 2. The molecule has 28 heavy (non-hydrogen) atoms. The van der Waals surface area contributed by atoms with Gasteiger partial charge in [0.05, 0.1) is 16.5 Å². The number of halogens is 1. The molecule has 0 unspecified atom stereocenters. The van der Waals surface area contributed by atoms with Crippen LogP contribution in [-0.4, -0.2) is 39.6 Å². The molecular formula is C22H24ClN3O2. The van der Waals surface area contributed by atoms with Crippen LogP contribution in [0.3, 0.4) is 0 Å². The Morgan fingerprint density at radius 3 is 2.57 bits per heavy atom. The van der Waals surface area contributed by atoms with Gasteiger partial charge in [0.25, 0.3) is 5.56 Å². The number of aryl methyl sites for hydroxylation is 1. The molecule has 2 N–H and O–H groups in total. The van der Waals surface area contributed by atoms with E-state index in [-0.39, 0.29) is 5.56 Å². The summed E-state index contributed by atoms with van der Waals surface area (Å²) in [5, 5.41) is 12.3. The summed E-state index contributed by atoms with van der Waals surface area (Å²) in [5.41, 5.74) is 0.833. The lowest BCUT2D eigenvalue weighted by molar-refractivity contribution is -0.0260. The van der Waals surface area contributed by atoms with Gasteiger partial charge in [-0.3, -0.25) is 4.79 Å². The largest absolute Gasteiger partial charge is 0.385 e. The van der Waals surface area contributed by atoms with Crippen LogP contribution in [0.5, 0.6) is 0 Å². The number of aliphatic hydroxyl groups is 1. The lowest BCUT2D eigenvalue weighted by atomic mass is 9.84. The van der Waals surface area contributed by atoms with Gasteiger partial charge in [0.1, 0.15) is 5.82 Å². The van der Waals surface area contributed by atoms with Crippen LogP contribution >= 0.6 is 11.6 Å². The Morgan fingerprint density at radius 2 is 1.82 bits per heavy atom. The zero-order valence-corrected chi connectivity index (χ0v) is 16.5. The van der Waals surface area contributed by atoms with Crippen molar-refractivity contribution in [2.24, 2.45) is 0 Å². The first-order valence-corrected chi connectivity index (χ1v) is 10.1. The fraction of sp³-hybridized carbons (Fsp3) is 0.364. The van der Waals surface area contributed by atoms with Crippen LogP contribution in [-0.2, 0) is 12.0 Å². The third-order valence-corrected chi connectivity index (χ3v) is 5.87. The molecular weight excluding hydrogens is 374 g/mol. The Hall–Kier alpha value is -2.21. The number of rotatable bonds is 5. The summed E-state index contributed by atoms with van der Waals surface area (Å²) in [4.78, 5) is 22.0. The fourth-order valence-corrected chi connectivity index (χ4v) is 4.04. The number of fused-ring (bicyclic) bond motifs is 1. The predicted octanol–water partition coefficient (Wildman–Crippen LogP) is 3.49. The smallest absolute Gasteiger partial charge is 0.258 e. The Kier molecular flexibility index (Phi) is 5.49. The maximum absolute atomic E-state index is 12.1. The van der Waals surface area contributed by atoms with Crippen LogP contribution in [0, 0.1) is 0 Å². The van der Waals surface area contributed by atoms with Gasteiger partial charge in [-0.25, -0.2) is 4.98 Å². The van der Waals surface area contributed by atoms with Crippen LogP contribution in [0.1, 0.15) is 30.7 Å². The van der Waals surface area contributed by atoms with E-state index < -0.39 is 5.60 Å². The SMILES string of the molecule is O=c1[nH]c(CCCN2CCC(O)(c3ccc(Cl)cc3)CC2)nc2ccccc12. The molecule has 5 nitrogen and oxygen atoms in total. The number of likely N-dealkylation sites (tertiary alicyclic amines) is 1. The molecule has 6 heteroatoms. The van der Waals surface area contributed by atoms with E-state index in [0.29, 0.717) is 23.3 Å². The summed E-state index contributed by atoms with van der Waals surface area (Å²) in [7, 11) is 0. The number of piperidine rings is 1. The highest BCUT2D eigenvalue weighted by Crippen LogP contribution is 2.33. The monoisotopic (exact) mass is 397 g/mol. The van der Waals surface area contributed by atoms with E-state index >= 15 is 0 Å². The number of para-hydroxylation sites is 1. The van der Waals surface area contributed by atoms with E-state index in [2.05, 4.69) is 14.9 Å². The van der Waals surface area contributed by atoms with Crippen LogP contribution in [0.2, 0.25) is 5.02 Å². The van der Waals surface area contributed by atoms with E-state index in [0.717, 1.165) is 49.4 Å². The van der Waals surface area contributed by atoms with E-state index in [9.17, 15) is 9.90 Å². The van der Waals surface area contributed by atoms with E-state index in [1.807, 2.05) is 42.5 Å². The molecule has 1 aliphatic heterocycles. The fourth-order valence-electron chi connectivity index (χ4n) is 3.92. The average molecular weight is 398 g/mol. The van der Waals surface area contributed by atoms with Gasteiger partial charge >= 0.3 is 0 Å². The highest BCUT2D eigenvalue weighted by molar-refractivity contribution is 6.30. The van der Waals surface area contributed by atoms with Crippen molar-refractivity contribution in [3.8, 4) is 0 Å². The topological polar surface area (TPSA) is 69.2 Å². The summed E-state index contributed by atoms with van der Waals surface area (Å²) in [5.74, 6) is 0.735. The van der Waals surface area contributed by atoms with Crippen molar-refractivity contribution >= 4 is 22.5 Å². The van der Waals surface area contributed by atoms with Crippen LogP contribution < -0.4 is 5.56 Å². The van der Waals surface area contributed by atoms with Crippen molar-refractivity contribution in [2.75, 3.05) is 19.6 Å². The molecule has 2 heterocycles. The Bertz CT molecular complexity index is 1010. The predicted molar refractivity (Wildman–Crippen MR) is 112 cm³/mol. The third kappa shape index (κ3) is 4.12. The third-order valence-electron chi connectivity index (χ3n) is 5.61. The second-order valence-corrected chi connectivity index (χ2v) is 7.95. The van der Waals surface area contributed by atoms with Gasteiger partial charge in [-0.15, -0.1) is 0 Å². The number of nitrogens with zero attached hydrogens (tertiary/aromatic N) is 2.